The number of nitrogens with two attached hydrogens (primary N) is 1. The number of hydrogen-bond acceptors (Lipinski definition) is 5. The first-order valence-electron chi connectivity index (χ1n) is 7.19. The Bertz CT molecular complexity index is 652. The SMILES string of the molecule is COc1ccc(-c2nc(N)cc(C3CCCC3)n2)cc1O. The minimum Gasteiger partial charge on any atom is -0.504 e. The molecule has 0 atom stereocenters. The smallest absolute Gasteiger partial charge is 0.161 e. The standard InChI is InChI=1S/C16H19N3O2/c1-21-14-7-6-11(8-13(14)20)16-18-12(9-15(17)19-16)10-4-2-3-5-10/h6-10,20H,2-5H2,1H3,(H2,17,18,19). The molecule has 0 spiro atoms. The summed E-state index contributed by atoms with van der Waals surface area (Å²) < 4.78 is 5.05. The number of phenolic OH excluding ortho intramolecular Hbond substituents is 1. The number of ether oxygens (including phenoxy) is 1. The van der Waals surface area contributed by atoms with E-state index < -0.39 is 0 Å². The van der Waals surface area contributed by atoms with Gasteiger partial charge in [0.05, 0.1) is 7.11 Å². The lowest BCUT2D eigenvalue weighted by Crippen LogP contribution is -2.03. The average Bonchev–Trinajstić information content (AvgIpc) is 3.01. The number of rotatable bonds is 3. The number of hydrogen-bond donors (Lipinski definition) is 2. The number of phenols is 1. The Morgan fingerprint density at radius 2 is 1.95 bits per heavy atom. The van der Waals surface area contributed by atoms with Crippen LogP contribution in [-0.2, 0) is 0 Å². The van der Waals surface area contributed by atoms with Gasteiger partial charge in [0.25, 0.3) is 0 Å². The quantitative estimate of drug-likeness (QED) is 0.905. The second-order valence-electron chi connectivity index (χ2n) is 5.41. The van der Waals surface area contributed by atoms with Crippen LogP contribution in [-0.4, -0.2) is 22.2 Å². The molecule has 2 aromatic rings. The molecule has 5 nitrogen and oxygen atoms in total. The highest BCUT2D eigenvalue weighted by Gasteiger charge is 2.20. The molecule has 1 aliphatic carbocycles. The van der Waals surface area contributed by atoms with Gasteiger partial charge in [0.1, 0.15) is 5.82 Å². The number of nitrogens with zero attached hydrogens (tertiary/aromatic N) is 2. The van der Waals surface area contributed by atoms with Gasteiger partial charge in [0.2, 0.25) is 0 Å². The summed E-state index contributed by atoms with van der Waals surface area (Å²) in [6.45, 7) is 0. The maximum atomic E-state index is 9.89. The van der Waals surface area contributed by atoms with E-state index in [0.29, 0.717) is 23.3 Å². The summed E-state index contributed by atoms with van der Waals surface area (Å²) >= 11 is 0. The zero-order valence-electron chi connectivity index (χ0n) is 12.0. The van der Waals surface area contributed by atoms with Crippen LogP contribution in [0.15, 0.2) is 24.3 Å². The van der Waals surface area contributed by atoms with Crippen molar-refractivity contribution in [3.8, 4) is 22.9 Å². The summed E-state index contributed by atoms with van der Waals surface area (Å²) in [6.07, 6.45) is 4.80. The molecule has 21 heavy (non-hydrogen) atoms. The van der Waals surface area contributed by atoms with Gasteiger partial charge in [-0.05, 0) is 31.0 Å². The molecule has 0 amide bonds. The van der Waals surface area contributed by atoms with Crippen LogP contribution in [0, 0.1) is 0 Å². The van der Waals surface area contributed by atoms with E-state index in [4.69, 9.17) is 10.5 Å². The summed E-state index contributed by atoms with van der Waals surface area (Å²) in [6, 6.07) is 6.99. The van der Waals surface area contributed by atoms with E-state index in [1.54, 1.807) is 12.1 Å². The molecular weight excluding hydrogens is 266 g/mol. The molecule has 5 heteroatoms. The lowest BCUT2D eigenvalue weighted by molar-refractivity contribution is 0.373. The molecule has 0 radical (unpaired) electrons. The average molecular weight is 285 g/mol. The van der Waals surface area contributed by atoms with Crippen molar-refractivity contribution in [2.24, 2.45) is 0 Å². The Balaban J connectivity index is 1.99. The van der Waals surface area contributed by atoms with Crippen LogP contribution in [0.25, 0.3) is 11.4 Å². The van der Waals surface area contributed by atoms with Crippen LogP contribution < -0.4 is 10.5 Å². The largest absolute Gasteiger partial charge is 0.504 e. The highest BCUT2D eigenvalue weighted by atomic mass is 16.5. The van der Waals surface area contributed by atoms with Gasteiger partial charge in [-0.25, -0.2) is 9.97 Å². The topological polar surface area (TPSA) is 81.3 Å². The van der Waals surface area contributed by atoms with Crippen molar-refractivity contribution in [2.45, 2.75) is 31.6 Å². The van der Waals surface area contributed by atoms with Crippen LogP contribution in [0.1, 0.15) is 37.3 Å². The number of anilines is 1. The van der Waals surface area contributed by atoms with Gasteiger partial charge in [0.15, 0.2) is 17.3 Å². The Morgan fingerprint density at radius 3 is 2.62 bits per heavy atom. The van der Waals surface area contributed by atoms with Crippen molar-refractivity contribution in [2.75, 3.05) is 12.8 Å². The predicted molar refractivity (Wildman–Crippen MR) is 81.3 cm³/mol. The molecule has 0 bridgehead atoms. The molecule has 1 aromatic carbocycles. The van der Waals surface area contributed by atoms with Gasteiger partial charge in [-0.2, -0.15) is 0 Å². The minimum atomic E-state index is 0.0726. The van der Waals surface area contributed by atoms with E-state index in [0.717, 1.165) is 24.1 Å². The molecule has 1 aromatic heterocycles. The fourth-order valence-corrected chi connectivity index (χ4v) is 2.87. The fourth-order valence-electron chi connectivity index (χ4n) is 2.87. The summed E-state index contributed by atoms with van der Waals surface area (Å²) in [5.74, 6) is 2.00. The highest BCUT2D eigenvalue weighted by molar-refractivity contribution is 5.62. The third-order valence-electron chi connectivity index (χ3n) is 3.98. The molecule has 0 aliphatic heterocycles. The van der Waals surface area contributed by atoms with Gasteiger partial charge in [0, 0.05) is 23.2 Å². The van der Waals surface area contributed by atoms with E-state index in [1.165, 1.54) is 20.0 Å². The Kier molecular flexibility index (Phi) is 3.64. The van der Waals surface area contributed by atoms with Gasteiger partial charge >= 0.3 is 0 Å². The second-order valence-corrected chi connectivity index (χ2v) is 5.41. The number of methoxy groups -OCH3 is 1. The van der Waals surface area contributed by atoms with E-state index in [1.807, 2.05) is 12.1 Å². The summed E-state index contributed by atoms with van der Waals surface area (Å²) in [4.78, 5) is 8.93. The van der Waals surface area contributed by atoms with E-state index in [2.05, 4.69) is 9.97 Å². The molecule has 3 rings (SSSR count). The Labute approximate surface area is 123 Å². The van der Waals surface area contributed by atoms with Crippen molar-refractivity contribution >= 4 is 5.82 Å². The van der Waals surface area contributed by atoms with Crippen LogP contribution in [0.5, 0.6) is 11.5 Å². The molecule has 1 saturated carbocycles. The first-order valence-corrected chi connectivity index (χ1v) is 7.19. The van der Waals surface area contributed by atoms with Crippen molar-refractivity contribution in [3.05, 3.63) is 30.0 Å². The monoisotopic (exact) mass is 285 g/mol. The summed E-state index contributed by atoms with van der Waals surface area (Å²) in [5.41, 5.74) is 7.66. The van der Waals surface area contributed by atoms with Crippen molar-refractivity contribution in [3.63, 3.8) is 0 Å². The number of nitrogen functional groups attached to an aromatic ring is 1. The molecule has 1 aliphatic rings. The van der Waals surface area contributed by atoms with Crippen LogP contribution in [0.3, 0.4) is 0 Å². The van der Waals surface area contributed by atoms with Crippen LogP contribution in [0.2, 0.25) is 0 Å². The molecule has 0 saturated heterocycles. The molecule has 1 heterocycles. The van der Waals surface area contributed by atoms with Crippen LogP contribution in [0.4, 0.5) is 5.82 Å². The maximum absolute atomic E-state index is 9.89. The normalized spacial score (nSPS) is 15.3. The third kappa shape index (κ3) is 2.77. The lowest BCUT2D eigenvalue weighted by atomic mass is 10.0. The highest BCUT2D eigenvalue weighted by Crippen LogP contribution is 2.35. The molecule has 0 unspecified atom stereocenters. The van der Waals surface area contributed by atoms with Crippen molar-refractivity contribution in [1.29, 1.82) is 0 Å². The zero-order valence-corrected chi connectivity index (χ0v) is 12.0. The predicted octanol–water partition coefficient (Wildman–Crippen LogP) is 3.10. The summed E-state index contributed by atoms with van der Waals surface area (Å²) in [7, 11) is 1.52. The molecular formula is C16H19N3O2. The van der Waals surface area contributed by atoms with E-state index in [-0.39, 0.29) is 5.75 Å². The van der Waals surface area contributed by atoms with Gasteiger partial charge in [-0.15, -0.1) is 0 Å². The fraction of sp³-hybridized carbons (Fsp3) is 0.375. The number of benzene rings is 1. The maximum Gasteiger partial charge on any atom is 0.161 e. The number of aromatic nitrogens is 2. The first kappa shape index (κ1) is 13.7. The van der Waals surface area contributed by atoms with Gasteiger partial charge < -0.3 is 15.6 Å². The zero-order chi connectivity index (χ0) is 14.8. The van der Waals surface area contributed by atoms with Gasteiger partial charge in [-0.1, -0.05) is 12.8 Å². The van der Waals surface area contributed by atoms with E-state index >= 15 is 0 Å². The minimum absolute atomic E-state index is 0.0726. The molecule has 110 valence electrons. The first-order chi connectivity index (χ1) is 10.2. The Morgan fingerprint density at radius 1 is 1.19 bits per heavy atom. The number of aromatic hydroxyl groups is 1. The summed E-state index contributed by atoms with van der Waals surface area (Å²) in [5, 5.41) is 9.89. The lowest BCUT2D eigenvalue weighted by Gasteiger charge is -2.11. The van der Waals surface area contributed by atoms with Crippen molar-refractivity contribution in [1.82, 2.24) is 9.97 Å². The van der Waals surface area contributed by atoms with E-state index in [9.17, 15) is 5.11 Å². The third-order valence-corrected chi connectivity index (χ3v) is 3.98. The molecule has 1 fully saturated rings. The second kappa shape index (κ2) is 5.60. The molecule has 3 N–H and O–H groups in total. The van der Waals surface area contributed by atoms with Crippen LogP contribution >= 0.6 is 0 Å². The Hall–Kier alpha value is -2.30. The van der Waals surface area contributed by atoms with Gasteiger partial charge in [-0.3, -0.25) is 0 Å². The van der Waals surface area contributed by atoms with Crippen molar-refractivity contribution < 1.29 is 9.84 Å².